The van der Waals surface area contributed by atoms with Crippen LogP contribution in [-0.4, -0.2) is 9.55 Å². The molecule has 7 rings (SSSR count). The zero-order valence-corrected chi connectivity index (χ0v) is 29.0. The van der Waals surface area contributed by atoms with Gasteiger partial charge in [-0.1, -0.05) is 108 Å². The first kappa shape index (κ1) is 31.4. The minimum absolute atomic E-state index is 0. The average Bonchev–Trinajstić information content (AvgIpc) is 3.37. The Morgan fingerprint density at radius 1 is 0.837 bits per heavy atom. The van der Waals surface area contributed by atoms with Crippen LogP contribution in [0.4, 0.5) is 0 Å². The van der Waals surface area contributed by atoms with Gasteiger partial charge in [-0.15, -0.1) is 52.6 Å². The van der Waals surface area contributed by atoms with Crippen LogP contribution in [-0.2, 0) is 42.9 Å². The van der Waals surface area contributed by atoms with Crippen molar-refractivity contribution in [2.24, 2.45) is 0 Å². The van der Waals surface area contributed by atoms with Gasteiger partial charge in [0.2, 0.25) is 6.33 Å². The molecule has 0 atom stereocenters. The quantitative estimate of drug-likeness (QED) is 0.133. The molecule has 2 aliphatic rings. The molecule has 0 fully saturated rings. The van der Waals surface area contributed by atoms with Gasteiger partial charge in [0.15, 0.2) is 0 Å². The van der Waals surface area contributed by atoms with Crippen LogP contribution in [0.2, 0.25) is 0 Å². The fourth-order valence-corrected chi connectivity index (χ4v) is 7.02. The first-order valence-corrected chi connectivity index (χ1v) is 15.5. The van der Waals surface area contributed by atoms with E-state index in [0.29, 0.717) is 0 Å². The molecule has 0 bridgehead atoms. The van der Waals surface area contributed by atoms with E-state index in [1.165, 1.54) is 59.1 Å². The smallest absolute Gasteiger partial charge is 0.341 e. The molecule has 222 valence electrons. The van der Waals surface area contributed by atoms with E-state index in [0.717, 1.165) is 17.8 Å². The molecule has 0 saturated heterocycles. The summed E-state index contributed by atoms with van der Waals surface area (Å²) in [5, 5.41) is 0. The van der Waals surface area contributed by atoms with Crippen molar-refractivity contribution in [3.8, 4) is 16.9 Å². The molecule has 0 unspecified atom stereocenters. The van der Waals surface area contributed by atoms with Crippen LogP contribution < -0.4 is 4.57 Å². The van der Waals surface area contributed by atoms with Crippen molar-refractivity contribution in [2.75, 3.05) is 0 Å². The summed E-state index contributed by atoms with van der Waals surface area (Å²) in [4.78, 5) is 4.22. The molecule has 2 aromatic heterocycles. The van der Waals surface area contributed by atoms with Crippen molar-refractivity contribution < 1.29 is 24.7 Å². The predicted molar refractivity (Wildman–Crippen MR) is 172 cm³/mol. The number of nitrogens with zero attached hydrogens (tertiary/aromatic N) is 3. The summed E-state index contributed by atoms with van der Waals surface area (Å²) in [7, 11) is 0. The molecule has 43 heavy (non-hydrogen) atoms. The second-order valence-electron chi connectivity index (χ2n) is 13.8. The van der Waals surface area contributed by atoms with Gasteiger partial charge in [-0.3, -0.25) is 0 Å². The number of benzene rings is 3. The van der Waals surface area contributed by atoms with Crippen LogP contribution in [0.15, 0.2) is 72.9 Å². The van der Waals surface area contributed by atoms with Gasteiger partial charge in [-0.05, 0) is 35.4 Å². The van der Waals surface area contributed by atoms with Gasteiger partial charge >= 0.3 is 20.1 Å². The maximum absolute atomic E-state index is 4.22. The second kappa shape index (κ2) is 11.8. The Morgan fingerprint density at radius 2 is 1.60 bits per heavy atom. The number of rotatable bonds is 4. The minimum atomic E-state index is -0.0633. The van der Waals surface area contributed by atoms with Gasteiger partial charge < -0.3 is 14.1 Å². The van der Waals surface area contributed by atoms with Gasteiger partial charge in [0.1, 0.15) is 0 Å². The van der Waals surface area contributed by atoms with Crippen LogP contribution in [0.25, 0.3) is 28.0 Å². The van der Waals surface area contributed by atoms with Crippen LogP contribution in [0.3, 0.4) is 0 Å². The third-order valence-corrected chi connectivity index (χ3v) is 9.55. The van der Waals surface area contributed by atoms with Gasteiger partial charge in [0, 0.05) is 6.20 Å². The third-order valence-electron chi connectivity index (χ3n) is 9.55. The Morgan fingerprint density at radius 3 is 2.30 bits per heavy atom. The normalized spacial score (nSPS) is 16.7. The van der Waals surface area contributed by atoms with E-state index in [1.807, 2.05) is 42.5 Å². The number of unbranched alkanes of at least 4 members (excludes halogenated alkanes) is 1. The van der Waals surface area contributed by atoms with Crippen LogP contribution >= 0.6 is 0 Å². The van der Waals surface area contributed by atoms with E-state index < -0.39 is 0 Å². The minimum Gasteiger partial charge on any atom is -0.341 e. The molecule has 3 nitrogen and oxygen atoms in total. The average molecular weight is 746 g/mol. The van der Waals surface area contributed by atoms with E-state index in [-0.39, 0.29) is 36.4 Å². The van der Waals surface area contributed by atoms with Crippen molar-refractivity contribution in [1.82, 2.24) is 9.55 Å². The van der Waals surface area contributed by atoms with Gasteiger partial charge in [-0.25, -0.2) is 0 Å². The molecule has 0 spiro atoms. The van der Waals surface area contributed by atoms with Gasteiger partial charge in [-0.2, -0.15) is 12.1 Å². The van der Waals surface area contributed by atoms with Crippen molar-refractivity contribution in [3.63, 3.8) is 0 Å². The first-order chi connectivity index (χ1) is 20.1. The summed E-state index contributed by atoms with van der Waals surface area (Å²) in [5.74, 6) is 0. The molecule has 3 heterocycles. The van der Waals surface area contributed by atoms with E-state index >= 15 is 0 Å². The number of aromatic nitrogens is 3. The largest absolute Gasteiger partial charge is 3.00 e. The molecule has 4 heteroatoms. The number of hydrogen-bond donors (Lipinski definition) is 0. The SMILES string of the molecule is CCCCn1[c-][n+]2c3c(cccc31)C(C)(C)c1c-2[c-]cc2c1C(C)(C)CCC2(C)C.[Ir+3].[c-]1ccccc1-c1ccccn1. The zero-order chi connectivity index (χ0) is 29.7. The van der Waals surface area contributed by atoms with E-state index in [2.05, 4.69) is 105 Å². The monoisotopic (exact) mass is 746 g/mol. The van der Waals surface area contributed by atoms with E-state index in [9.17, 15) is 0 Å². The molecule has 0 radical (unpaired) electrons. The van der Waals surface area contributed by atoms with Crippen LogP contribution in [0.1, 0.15) is 96.4 Å². The molecule has 1 aliphatic heterocycles. The fraction of sp³-hybridized carbons (Fsp3) is 0.385. The maximum atomic E-state index is 4.22. The molecular formula is C39H43IrN3+. The number of pyridine rings is 1. The molecule has 1 aliphatic carbocycles. The molecule has 5 aromatic rings. The van der Waals surface area contributed by atoms with Crippen LogP contribution in [0.5, 0.6) is 0 Å². The zero-order valence-electron chi connectivity index (χ0n) is 26.6. The molecule has 3 aromatic carbocycles. The summed E-state index contributed by atoms with van der Waals surface area (Å²) in [5.41, 5.74) is 12.1. The third kappa shape index (κ3) is 5.42. The standard InChI is InChI=1S/C28H35N2.C11H8N.Ir/c1-8-9-17-29-18-30-21-14-13-19-23(27(4,5)16-15-26(19,2)3)24(21)28(6,7)20-11-10-12-22(29)25(20)30;1-2-6-10(7-3-1)11-8-4-5-9-12-11;/h10-13H,8-9,15-17H2,1-7H3;1-6,8-9H;/q2*-1;+3. The Bertz CT molecular complexity index is 1690. The van der Waals surface area contributed by atoms with E-state index in [4.69, 9.17) is 0 Å². The molecule has 0 N–H and O–H groups in total. The maximum Gasteiger partial charge on any atom is 3.00 e. The second-order valence-corrected chi connectivity index (χ2v) is 13.8. The fourth-order valence-electron chi connectivity index (χ4n) is 7.02. The summed E-state index contributed by atoms with van der Waals surface area (Å²) in [6.07, 6.45) is 10.3. The topological polar surface area (TPSA) is 21.7 Å². The van der Waals surface area contributed by atoms with Crippen LogP contribution in [0, 0.1) is 18.5 Å². The number of aryl methyl sites for hydroxylation is 1. The van der Waals surface area contributed by atoms with Gasteiger partial charge in [0.25, 0.3) is 0 Å². The van der Waals surface area contributed by atoms with Crippen molar-refractivity contribution >= 4 is 11.0 Å². The number of hydrogen-bond acceptors (Lipinski definition) is 1. The molecule has 0 saturated carbocycles. The summed E-state index contributed by atoms with van der Waals surface area (Å²) < 4.78 is 4.65. The molecule has 0 amide bonds. The Hall–Kier alpha value is -3.07. The van der Waals surface area contributed by atoms with E-state index in [1.54, 1.807) is 11.8 Å². The summed E-state index contributed by atoms with van der Waals surface area (Å²) in [6.45, 7) is 17.8. The molecular weight excluding hydrogens is 703 g/mol. The van der Waals surface area contributed by atoms with Crippen molar-refractivity contribution in [2.45, 2.75) is 96.9 Å². The number of imidazole rings is 1. The Balaban J connectivity index is 0.000000238. The first-order valence-electron chi connectivity index (χ1n) is 15.5. The van der Waals surface area contributed by atoms with Crippen molar-refractivity contribution in [1.29, 1.82) is 0 Å². The van der Waals surface area contributed by atoms with Gasteiger partial charge in [0.05, 0.1) is 17.6 Å². The Labute approximate surface area is 271 Å². The predicted octanol–water partition coefficient (Wildman–Crippen LogP) is 8.85. The Kier molecular flexibility index (Phi) is 8.60. The van der Waals surface area contributed by atoms with Crippen molar-refractivity contribution in [3.05, 3.63) is 114 Å². The summed E-state index contributed by atoms with van der Waals surface area (Å²) >= 11 is 0. The summed E-state index contributed by atoms with van der Waals surface area (Å²) in [6, 6.07) is 29.7. The number of para-hydroxylation sites is 1. The number of fused-ring (bicyclic) bond motifs is 4.